The number of azo groups is 1. The third kappa shape index (κ3) is 4.74. The van der Waals surface area contributed by atoms with Crippen molar-refractivity contribution in [1.82, 2.24) is 0 Å². The van der Waals surface area contributed by atoms with Crippen LogP contribution in [0, 0.1) is 0 Å². The molecular weight excluding hydrogens is 376 g/mol. The van der Waals surface area contributed by atoms with E-state index in [-0.39, 0.29) is 0 Å². The molecule has 0 spiro atoms. The van der Waals surface area contributed by atoms with Gasteiger partial charge in [-0.05, 0) is 48.5 Å². The van der Waals surface area contributed by atoms with E-state index in [1.54, 1.807) is 36.4 Å². The maximum Gasteiger partial charge on any atom is 0.197 e. The van der Waals surface area contributed by atoms with E-state index in [0.717, 1.165) is 5.69 Å². The Labute approximate surface area is 174 Å². The standard InChI is InChI=1S/C24H20N4O2/c25-17-7-4-11-20(15-17)29-23-14-6-13-22(28-27-19-9-2-1-3-10-19)24(23)30-21-12-5-8-18(26)16-21/h1-16H,25-26H2. The molecule has 30 heavy (non-hydrogen) atoms. The fourth-order valence-electron chi connectivity index (χ4n) is 2.77. The van der Waals surface area contributed by atoms with Crippen molar-refractivity contribution >= 4 is 22.7 Å². The predicted molar refractivity (Wildman–Crippen MR) is 119 cm³/mol. The number of benzene rings is 4. The Morgan fingerprint density at radius 2 is 1.20 bits per heavy atom. The number of hydrogen-bond donors (Lipinski definition) is 2. The summed E-state index contributed by atoms with van der Waals surface area (Å²) in [5.74, 6) is 2.05. The van der Waals surface area contributed by atoms with Gasteiger partial charge >= 0.3 is 0 Å². The van der Waals surface area contributed by atoms with E-state index < -0.39 is 0 Å². The van der Waals surface area contributed by atoms with Crippen LogP contribution in [0.1, 0.15) is 0 Å². The Morgan fingerprint density at radius 1 is 0.567 bits per heavy atom. The second kappa shape index (κ2) is 8.79. The van der Waals surface area contributed by atoms with Crippen LogP contribution in [0.25, 0.3) is 0 Å². The smallest absolute Gasteiger partial charge is 0.197 e. The van der Waals surface area contributed by atoms with Crippen molar-refractivity contribution in [1.29, 1.82) is 0 Å². The first kappa shape index (κ1) is 19.0. The van der Waals surface area contributed by atoms with E-state index in [9.17, 15) is 0 Å². The maximum absolute atomic E-state index is 6.12. The molecule has 0 saturated carbocycles. The van der Waals surface area contributed by atoms with E-state index in [1.807, 2.05) is 60.7 Å². The molecule has 4 N–H and O–H groups in total. The summed E-state index contributed by atoms with van der Waals surface area (Å²) < 4.78 is 12.2. The average molecular weight is 396 g/mol. The summed E-state index contributed by atoms with van der Waals surface area (Å²) in [5, 5.41) is 8.68. The van der Waals surface area contributed by atoms with E-state index >= 15 is 0 Å². The molecule has 0 aliphatic carbocycles. The van der Waals surface area contributed by atoms with Gasteiger partial charge in [-0.15, -0.1) is 5.11 Å². The highest BCUT2D eigenvalue weighted by Gasteiger charge is 2.14. The molecule has 0 aliphatic heterocycles. The highest BCUT2D eigenvalue weighted by atomic mass is 16.5. The lowest BCUT2D eigenvalue weighted by atomic mass is 10.2. The monoisotopic (exact) mass is 396 g/mol. The van der Waals surface area contributed by atoms with E-state index in [4.69, 9.17) is 20.9 Å². The van der Waals surface area contributed by atoms with Crippen LogP contribution >= 0.6 is 0 Å². The van der Waals surface area contributed by atoms with Crippen LogP contribution in [0.2, 0.25) is 0 Å². The van der Waals surface area contributed by atoms with Crippen LogP contribution in [-0.4, -0.2) is 0 Å². The summed E-state index contributed by atoms with van der Waals surface area (Å²) >= 11 is 0. The molecule has 0 saturated heterocycles. The normalized spacial score (nSPS) is 10.8. The van der Waals surface area contributed by atoms with Gasteiger partial charge < -0.3 is 20.9 Å². The molecule has 0 radical (unpaired) electrons. The first-order valence-corrected chi connectivity index (χ1v) is 9.34. The second-order valence-corrected chi connectivity index (χ2v) is 6.49. The molecule has 4 rings (SSSR count). The first-order chi connectivity index (χ1) is 14.7. The van der Waals surface area contributed by atoms with Gasteiger partial charge in [0.05, 0.1) is 5.69 Å². The number of ether oxygens (including phenoxy) is 2. The highest BCUT2D eigenvalue weighted by Crippen LogP contribution is 2.43. The van der Waals surface area contributed by atoms with Crippen LogP contribution in [0.5, 0.6) is 23.0 Å². The number of rotatable bonds is 6. The van der Waals surface area contributed by atoms with Gasteiger partial charge in [0.1, 0.15) is 17.2 Å². The quantitative estimate of drug-likeness (QED) is 0.275. The first-order valence-electron chi connectivity index (χ1n) is 9.34. The van der Waals surface area contributed by atoms with Crippen molar-refractivity contribution in [2.24, 2.45) is 10.2 Å². The molecule has 4 aromatic carbocycles. The van der Waals surface area contributed by atoms with Crippen LogP contribution in [0.3, 0.4) is 0 Å². The molecule has 4 aromatic rings. The van der Waals surface area contributed by atoms with Crippen LogP contribution in [0.15, 0.2) is 107 Å². The molecule has 0 amide bonds. The van der Waals surface area contributed by atoms with Crippen LogP contribution < -0.4 is 20.9 Å². The zero-order chi connectivity index (χ0) is 20.8. The van der Waals surface area contributed by atoms with E-state index in [2.05, 4.69) is 10.2 Å². The maximum atomic E-state index is 6.12. The van der Waals surface area contributed by atoms with Crippen molar-refractivity contribution in [2.75, 3.05) is 11.5 Å². The summed E-state index contributed by atoms with van der Waals surface area (Å²) in [6, 6.07) is 29.2. The van der Waals surface area contributed by atoms with Gasteiger partial charge in [0, 0.05) is 23.5 Å². The number of nitrogens with two attached hydrogens (primary N) is 2. The van der Waals surface area contributed by atoms with Crippen molar-refractivity contribution in [2.45, 2.75) is 0 Å². The van der Waals surface area contributed by atoms with Crippen LogP contribution in [0.4, 0.5) is 22.7 Å². The van der Waals surface area contributed by atoms with Crippen molar-refractivity contribution in [3.8, 4) is 23.0 Å². The Morgan fingerprint density at radius 3 is 1.87 bits per heavy atom. The van der Waals surface area contributed by atoms with Gasteiger partial charge in [-0.2, -0.15) is 5.11 Å². The minimum atomic E-state index is 0.421. The van der Waals surface area contributed by atoms with Crippen molar-refractivity contribution in [3.63, 3.8) is 0 Å². The number of para-hydroxylation sites is 1. The Balaban J connectivity index is 1.73. The van der Waals surface area contributed by atoms with Gasteiger partial charge in [-0.3, -0.25) is 0 Å². The molecule has 0 aromatic heterocycles. The fourth-order valence-corrected chi connectivity index (χ4v) is 2.77. The van der Waals surface area contributed by atoms with Gasteiger partial charge in [0.25, 0.3) is 0 Å². The summed E-state index contributed by atoms with van der Waals surface area (Å²) in [6.07, 6.45) is 0. The third-order valence-corrected chi connectivity index (χ3v) is 4.15. The SMILES string of the molecule is Nc1cccc(Oc2cccc(N=Nc3ccccc3)c2Oc2cccc(N)c2)c1. The summed E-state index contributed by atoms with van der Waals surface area (Å²) in [4.78, 5) is 0. The molecule has 0 fully saturated rings. The van der Waals surface area contributed by atoms with E-state index in [1.165, 1.54) is 0 Å². The molecule has 6 nitrogen and oxygen atoms in total. The van der Waals surface area contributed by atoms with Gasteiger partial charge in [0.15, 0.2) is 11.5 Å². The summed E-state index contributed by atoms with van der Waals surface area (Å²) in [6.45, 7) is 0. The lowest BCUT2D eigenvalue weighted by Crippen LogP contribution is -1.93. The minimum absolute atomic E-state index is 0.421. The highest BCUT2D eigenvalue weighted by molar-refractivity contribution is 5.62. The second-order valence-electron chi connectivity index (χ2n) is 6.49. The topological polar surface area (TPSA) is 95.2 Å². The Bertz CT molecular complexity index is 1180. The lowest BCUT2D eigenvalue weighted by molar-refractivity contribution is 0.420. The van der Waals surface area contributed by atoms with Gasteiger partial charge in [-0.25, -0.2) is 0 Å². The number of nitrogens with zero attached hydrogens (tertiary/aromatic N) is 2. The molecular formula is C24H20N4O2. The average Bonchev–Trinajstić information content (AvgIpc) is 2.75. The third-order valence-electron chi connectivity index (χ3n) is 4.15. The zero-order valence-electron chi connectivity index (χ0n) is 16.1. The van der Waals surface area contributed by atoms with Crippen molar-refractivity contribution < 1.29 is 9.47 Å². The van der Waals surface area contributed by atoms with Gasteiger partial charge in [-0.1, -0.05) is 36.4 Å². The molecule has 0 unspecified atom stereocenters. The van der Waals surface area contributed by atoms with Crippen molar-refractivity contribution in [3.05, 3.63) is 97.1 Å². The Hall–Kier alpha value is -4.32. The molecule has 0 heterocycles. The number of anilines is 2. The summed E-state index contributed by atoms with van der Waals surface area (Å²) in [5.41, 5.74) is 14.2. The minimum Gasteiger partial charge on any atom is -0.453 e. The van der Waals surface area contributed by atoms with Gasteiger partial charge in [0.2, 0.25) is 0 Å². The molecule has 0 aliphatic rings. The lowest BCUT2D eigenvalue weighted by Gasteiger charge is -2.14. The fraction of sp³-hybridized carbons (Fsp3) is 0. The molecule has 148 valence electrons. The number of nitrogen functional groups attached to an aromatic ring is 2. The molecule has 0 atom stereocenters. The summed E-state index contributed by atoms with van der Waals surface area (Å²) in [7, 11) is 0. The number of hydrogen-bond acceptors (Lipinski definition) is 6. The Kier molecular flexibility index (Phi) is 5.57. The van der Waals surface area contributed by atoms with Crippen LogP contribution in [-0.2, 0) is 0 Å². The largest absolute Gasteiger partial charge is 0.453 e. The molecule has 6 heteroatoms. The molecule has 0 bridgehead atoms. The zero-order valence-corrected chi connectivity index (χ0v) is 16.1. The van der Waals surface area contributed by atoms with E-state index in [0.29, 0.717) is 40.1 Å². The predicted octanol–water partition coefficient (Wildman–Crippen LogP) is 6.85.